The van der Waals surface area contributed by atoms with Gasteiger partial charge in [0.05, 0.1) is 5.92 Å². The second-order valence-corrected chi connectivity index (χ2v) is 3.31. The van der Waals surface area contributed by atoms with E-state index in [1.807, 2.05) is 0 Å². The maximum atomic E-state index is 10.5. The number of rotatable bonds is 3. The SMILES string of the molecule is O=C(O)C[C@H]1CC[C@@H](C(=O)O)C1. The van der Waals surface area contributed by atoms with Gasteiger partial charge < -0.3 is 10.2 Å². The lowest BCUT2D eigenvalue weighted by atomic mass is 10.0. The molecule has 1 aliphatic rings. The van der Waals surface area contributed by atoms with Crippen molar-refractivity contribution in [3.8, 4) is 0 Å². The lowest BCUT2D eigenvalue weighted by Gasteiger charge is -2.04. The number of hydrogen-bond donors (Lipinski definition) is 2. The first-order valence-electron chi connectivity index (χ1n) is 4.04. The third-order valence-electron chi connectivity index (χ3n) is 2.35. The Labute approximate surface area is 70.2 Å². The first kappa shape index (κ1) is 9.03. The summed E-state index contributed by atoms with van der Waals surface area (Å²) in [4.78, 5) is 20.8. The Morgan fingerprint density at radius 1 is 1.25 bits per heavy atom. The summed E-state index contributed by atoms with van der Waals surface area (Å²) >= 11 is 0. The number of carboxylic acid groups (broad SMARTS) is 2. The molecule has 4 heteroatoms. The fourth-order valence-electron chi connectivity index (χ4n) is 1.73. The Balaban J connectivity index is 2.35. The van der Waals surface area contributed by atoms with Gasteiger partial charge >= 0.3 is 11.9 Å². The highest BCUT2D eigenvalue weighted by Crippen LogP contribution is 2.32. The molecule has 0 aromatic carbocycles. The van der Waals surface area contributed by atoms with Gasteiger partial charge in [-0.2, -0.15) is 0 Å². The molecule has 0 heterocycles. The van der Waals surface area contributed by atoms with Crippen LogP contribution in [-0.4, -0.2) is 22.2 Å². The van der Waals surface area contributed by atoms with E-state index in [1.54, 1.807) is 0 Å². The zero-order valence-corrected chi connectivity index (χ0v) is 6.69. The molecule has 12 heavy (non-hydrogen) atoms. The molecule has 4 nitrogen and oxygen atoms in total. The van der Waals surface area contributed by atoms with Crippen LogP contribution in [0.1, 0.15) is 25.7 Å². The summed E-state index contributed by atoms with van der Waals surface area (Å²) in [5, 5.41) is 17.1. The lowest BCUT2D eigenvalue weighted by molar-refractivity contribution is -0.142. The van der Waals surface area contributed by atoms with Crippen molar-refractivity contribution in [3.63, 3.8) is 0 Å². The third-order valence-corrected chi connectivity index (χ3v) is 2.35. The molecule has 0 saturated heterocycles. The second-order valence-electron chi connectivity index (χ2n) is 3.31. The summed E-state index contributed by atoms with van der Waals surface area (Å²) in [5.41, 5.74) is 0. The first-order chi connectivity index (χ1) is 5.59. The Morgan fingerprint density at radius 2 is 1.92 bits per heavy atom. The Morgan fingerprint density at radius 3 is 2.33 bits per heavy atom. The van der Waals surface area contributed by atoms with Crippen LogP contribution in [0, 0.1) is 11.8 Å². The molecule has 1 fully saturated rings. The predicted octanol–water partition coefficient (Wildman–Crippen LogP) is 0.962. The van der Waals surface area contributed by atoms with Gasteiger partial charge in [-0.3, -0.25) is 9.59 Å². The molecule has 0 unspecified atom stereocenters. The van der Waals surface area contributed by atoms with E-state index in [1.165, 1.54) is 0 Å². The van der Waals surface area contributed by atoms with Gasteiger partial charge in [0.25, 0.3) is 0 Å². The summed E-state index contributed by atoms with van der Waals surface area (Å²) in [6.45, 7) is 0. The van der Waals surface area contributed by atoms with Crippen LogP contribution < -0.4 is 0 Å². The fourth-order valence-corrected chi connectivity index (χ4v) is 1.73. The lowest BCUT2D eigenvalue weighted by Crippen LogP contribution is -2.10. The Bertz CT molecular complexity index is 199. The van der Waals surface area contributed by atoms with E-state index in [0.29, 0.717) is 12.8 Å². The quantitative estimate of drug-likeness (QED) is 0.665. The zero-order valence-electron chi connectivity index (χ0n) is 6.69. The largest absolute Gasteiger partial charge is 0.481 e. The fraction of sp³-hybridized carbons (Fsp3) is 0.750. The van der Waals surface area contributed by atoms with Crippen LogP contribution in [0.4, 0.5) is 0 Å². The monoisotopic (exact) mass is 172 g/mol. The van der Waals surface area contributed by atoms with E-state index in [0.717, 1.165) is 6.42 Å². The van der Waals surface area contributed by atoms with Gasteiger partial charge in [0.2, 0.25) is 0 Å². The average Bonchev–Trinajstić information content (AvgIpc) is 2.34. The molecule has 0 bridgehead atoms. The average molecular weight is 172 g/mol. The van der Waals surface area contributed by atoms with Gasteiger partial charge in [0, 0.05) is 6.42 Å². The molecule has 0 aromatic rings. The minimum atomic E-state index is -0.828. The Kier molecular flexibility index (Phi) is 2.68. The summed E-state index contributed by atoms with van der Waals surface area (Å²) in [6.07, 6.45) is 2.02. The second kappa shape index (κ2) is 3.56. The van der Waals surface area contributed by atoms with Crippen molar-refractivity contribution in [2.75, 3.05) is 0 Å². The van der Waals surface area contributed by atoms with Crippen LogP contribution in [0.2, 0.25) is 0 Å². The molecule has 1 saturated carbocycles. The van der Waals surface area contributed by atoms with Gasteiger partial charge in [0.15, 0.2) is 0 Å². The van der Waals surface area contributed by atoms with E-state index in [4.69, 9.17) is 10.2 Å². The number of carboxylic acids is 2. The van der Waals surface area contributed by atoms with Crippen LogP contribution in [0.25, 0.3) is 0 Å². The van der Waals surface area contributed by atoms with E-state index >= 15 is 0 Å². The van der Waals surface area contributed by atoms with Gasteiger partial charge in [-0.25, -0.2) is 0 Å². The van der Waals surface area contributed by atoms with Crippen molar-refractivity contribution >= 4 is 11.9 Å². The minimum Gasteiger partial charge on any atom is -0.481 e. The van der Waals surface area contributed by atoms with Crippen LogP contribution in [0.15, 0.2) is 0 Å². The van der Waals surface area contributed by atoms with E-state index in [-0.39, 0.29) is 18.3 Å². The van der Waals surface area contributed by atoms with Gasteiger partial charge in [-0.15, -0.1) is 0 Å². The molecule has 0 radical (unpaired) electrons. The van der Waals surface area contributed by atoms with Crippen LogP contribution in [-0.2, 0) is 9.59 Å². The van der Waals surface area contributed by atoms with Crippen molar-refractivity contribution < 1.29 is 19.8 Å². The van der Waals surface area contributed by atoms with E-state index < -0.39 is 11.9 Å². The number of aliphatic carboxylic acids is 2. The molecule has 0 aliphatic heterocycles. The van der Waals surface area contributed by atoms with Crippen molar-refractivity contribution in [2.24, 2.45) is 11.8 Å². The molecular weight excluding hydrogens is 160 g/mol. The first-order valence-corrected chi connectivity index (χ1v) is 4.04. The van der Waals surface area contributed by atoms with E-state index in [2.05, 4.69) is 0 Å². The maximum Gasteiger partial charge on any atom is 0.306 e. The van der Waals surface area contributed by atoms with Gasteiger partial charge in [-0.1, -0.05) is 0 Å². The van der Waals surface area contributed by atoms with Crippen molar-refractivity contribution in [1.29, 1.82) is 0 Å². The summed E-state index contributed by atoms with van der Waals surface area (Å²) in [6, 6.07) is 0. The summed E-state index contributed by atoms with van der Waals surface area (Å²) < 4.78 is 0. The van der Waals surface area contributed by atoms with Gasteiger partial charge in [0.1, 0.15) is 0 Å². The molecule has 1 aliphatic carbocycles. The maximum absolute atomic E-state index is 10.5. The molecule has 1 rings (SSSR count). The highest BCUT2D eigenvalue weighted by molar-refractivity contribution is 5.71. The standard InChI is InChI=1S/C8H12O4/c9-7(10)4-5-1-2-6(3-5)8(11)12/h5-6H,1-4H2,(H,9,10)(H,11,12)/t5-,6+/m0/s1. The van der Waals surface area contributed by atoms with Crippen molar-refractivity contribution in [3.05, 3.63) is 0 Å². The molecule has 0 spiro atoms. The van der Waals surface area contributed by atoms with Crippen molar-refractivity contribution in [2.45, 2.75) is 25.7 Å². The summed E-state index contributed by atoms with van der Waals surface area (Å²) in [5.74, 6) is -1.85. The zero-order chi connectivity index (χ0) is 9.14. The highest BCUT2D eigenvalue weighted by Gasteiger charge is 2.30. The molecule has 68 valence electrons. The summed E-state index contributed by atoms with van der Waals surface area (Å²) in [7, 11) is 0. The molecule has 2 atom stereocenters. The van der Waals surface area contributed by atoms with Crippen LogP contribution in [0.5, 0.6) is 0 Å². The molecule has 0 aromatic heterocycles. The van der Waals surface area contributed by atoms with Crippen LogP contribution in [0.3, 0.4) is 0 Å². The minimum absolute atomic E-state index is 0.0728. The van der Waals surface area contributed by atoms with Crippen LogP contribution >= 0.6 is 0 Å². The topological polar surface area (TPSA) is 74.6 Å². The Hall–Kier alpha value is -1.06. The highest BCUT2D eigenvalue weighted by atomic mass is 16.4. The predicted molar refractivity (Wildman–Crippen MR) is 40.7 cm³/mol. The van der Waals surface area contributed by atoms with Gasteiger partial charge in [-0.05, 0) is 25.2 Å². The number of carbonyl (C=O) groups is 2. The normalized spacial score (nSPS) is 28.7. The smallest absolute Gasteiger partial charge is 0.306 e. The van der Waals surface area contributed by atoms with Crippen molar-refractivity contribution in [1.82, 2.24) is 0 Å². The number of hydrogen-bond acceptors (Lipinski definition) is 2. The molecule has 2 N–H and O–H groups in total. The molecule has 0 amide bonds. The third kappa shape index (κ3) is 2.22. The molecular formula is C8H12O4. The van der Waals surface area contributed by atoms with E-state index in [9.17, 15) is 9.59 Å².